The predicted molar refractivity (Wildman–Crippen MR) is 96.6 cm³/mol. The number of aliphatic imine (C=N–C) groups is 1. The van der Waals surface area contributed by atoms with Gasteiger partial charge in [-0.25, -0.2) is 9.98 Å². The maximum atomic E-state index is 6.21. The molecule has 6 heteroatoms. The van der Waals surface area contributed by atoms with Crippen molar-refractivity contribution in [3.63, 3.8) is 0 Å². The molecule has 3 aromatic heterocycles. The first-order chi connectivity index (χ1) is 11.7. The van der Waals surface area contributed by atoms with E-state index in [0.29, 0.717) is 27.3 Å². The highest BCUT2D eigenvalue weighted by atomic mass is 35.5. The Labute approximate surface area is 148 Å². The van der Waals surface area contributed by atoms with Crippen LogP contribution in [0.25, 0.3) is 17.1 Å². The third-order valence-corrected chi connectivity index (χ3v) is 4.11. The average molecular weight is 356 g/mol. The first-order valence-corrected chi connectivity index (χ1v) is 7.98. The summed E-state index contributed by atoms with van der Waals surface area (Å²) in [7, 11) is 0. The Kier molecular flexibility index (Phi) is 3.84. The molecule has 4 nitrogen and oxygen atoms in total. The van der Waals surface area contributed by atoms with Gasteiger partial charge in [-0.05, 0) is 36.4 Å². The van der Waals surface area contributed by atoms with Gasteiger partial charge in [0.15, 0.2) is 17.3 Å². The highest BCUT2D eigenvalue weighted by molar-refractivity contribution is 6.36. The number of hydrogen-bond acceptors (Lipinski definition) is 3. The zero-order valence-corrected chi connectivity index (χ0v) is 13.9. The summed E-state index contributed by atoms with van der Waals surface area (Å²) in [6.07, 6.45) is 5.22. The van der Waals surface area contributed by atoms with Gasteiger partial charge in [0.25, 0.3) is 0 Å². The van der Waals surface area contributed by atoms with Crippen LogP contribution >= 0.6 is 23.2 Å². The van der Waals surface area contributed by atoms with Gasteiger partial charge in [-0.2, -0.15) is 0 Å². The van der Waals surface area contributed by atoms with Gasteiger partial charge in [0.1, 0.15) is 5.65 Å². The molecule has 0 fully saturated rings. The molecule has 4 rings (SSSR count). The van der Waals surface area contributed by atoms with Gasteiger partial charge in [0.05, 0.1) is 11.3 Å². The van der Waals surface area contributed by atoms with Gasteiger partial charge in [0.2, 0.25) is 0 Å². The Bertz CT molecular complexity index is 1040. The van der Waals surface area contributed by atoms with Crippen molar-refractivity contribution in [1.82, 2.24) is 9.38 Å². The Morgan fingerprint density at radius 2 is 2.00 bits per heavy atom. The third-order valence-electron chi connectivity index (χ3n) is 3.55. The van der Waals surface area contributed by atoms with Gasteiger partial charge < -0.3 is 4.42 Å². The van der Waals surface area contributed by atoms with Crippen molar-refractivity contribution in [3.05, 3.63) is 76.6 Å². The van der Waals surface area contributed by atoms with Gasteiger partial charge in [-0.3, -0.25) is 4.40 Å². The van der Waals surface area contributed by atoms with Crippen LogP contribution in [0.5, 0.6) is 0 Å². The molecule has 0 aliphatic carbocycles. The van der Waals surface area contributed by atoms with Crippen LogP contribution in [0, 0.1) is 0 Å². The van der Waals surface area contributed by atoms with Gasteiger partial charge in [-0.1, -0.05) is 35.3 Å². The number of furan rings is 1. The third kappa shape index (κ3) is 2.70. The molecule has 118 valence electrons. The van der Waals surface area contributed by atoms with Crippen LogP contribution in [0.2, 0.25) is 10.0 Å². The molecule has 0 aliphatic rings. The summed E-state index contributed by atoms with van der Waals surface area (Å²) in [5, 5.41) is 1.13. The minimum Gasteiger partial charge on any atom is -0.463 e. The van der Waals surface area contributed by atoms with Crippen molar-refractivity contribution in [2.45, 2.75) is 0 Å². The van der Waals surface area contributed by atoms with Crippen molar-refractivity contribution in [2.24, 2.45) is 4.99 Å². The van der Waals surface area contributed by atoms with Crippen LogP contribution in [-0.2, 0) is 0 Å². The number of halogens is 2. The SMILES string of the molecule is Clc1ccc(C=Nc2c(-c3ccco3)nc3ccccn23)c(Cl)c1. The molecular weight excluding hydrogens is 345 g/mol. The Balaban J connectivity index is 1.86. The quantitative estimate of drug-likeness (QED) is 0.445. The van der Waals surface area contributed by atoms with Crippen molar-refractivity contribution in [2.75, 3.05) is 0 Å². The highest BCUT2D eigenvalue weighted by Gasteiger charge is 2.15. The second-order valence-corrected chi connectivity index (χ2v) is 5.96. The molecule has 3 heterocycles. The molecule has 24 heavy (non-hydrogen) atoms. The molecule has 0 unspecified atom stereocenters. The second kappa shape index (κ2) is 6.15. The van der Waals surface area contributed by atoms with E-state index in [1.54, 1.807) is 24.6 Å². The molecule has 0 amide bonds. The largest absolute Gasteiger partial charge is 0.463 e. The number of imidazole rings is 1. The molecule has 0 saturated carbocycles. The summed E-state index contributed by atoms with van der Waals surface area (Å²) in [5.41, 5.74) is 2.24. The zero-order valence-electron chi connectivity index (χ0n) is 12.4. The van der Waals surface area contributed by atoms with E-state index in [9.17, 15) is 0 Å². The molecule has 4 aromatic rings. The van der Waals surface area contributed by atoms with E-state index in [4.69, 9.17) is 27.6 Å². The number of nitrogens with zero attached hydrogens (tertiary/aromatic N) is 3. The van der Waals surface area contributed by atoms with E-state index in [2.05, 4.69) is 9.98 Å². The van der Waals surface area contributed by atoms with E-state index in [-0.39, 0.29) is 0 Å². The van der Waals surface area contributed by atoms with E-state index in [0.717, 1.165) is 11.2 Å². The van der Waals surface area contributed by atoms with Gasteiger partial charge >= 0.3 is 0 Å². The lowest BCUT2D eigenvalue weighted by Gasteiger charge is -2.00. The molecule has 0 bridgehead atoms. The number of pyridine rings is 1. The van der Waals surface area contributed by atoms with Crippen LogP contribution in [-0.4, -0.2) is 15.6 Å². The topological polar surface area (TPSA) is 42.8 Å². The maximum absolute atomic E-state index is 6.21. The summed E-state index contributed by atoms with van der Waals surface area (Å²) in [6, 6.07) is 14.7. The summed E-state index contributed by atoms with van der Waals surface area (Å²) in [6.45, 7) is 0. The van der Waals surface area contributed by atoms with E-state index in [1.807, 2.05) is 47.0 Å². The fourth-order valence-corrected chi connectivity index (χ4v) is 2.88. The summed E-state index contributed by atoms with van der Waals surface area (Å²) < 4.78 is 7.39. The van der Waals surface area contributed by atoms with Crippen LogP contribution in [0.4, 0.5) is 5.82 Å². The monoisotopic (exact) mass is 355 g/mol. The van der Waals surface area contributed by atoms with E-state index in [1.165, 1.54) is 0 Å². The maximum Gasteiger partial charge on any atom is 0.168 e. The minimum absolute atomic E-state index is 0.541. The lowest BCUT2D eigenvalue weighted by atomic mass is 10.2. The van der Waals surface area contributed by atoms with Crippen molar-refractivity contribution in [3.8, 4) is 11.5 Å². The zero-order chi connectivity index (χ0) is 16.5. The second-order valence-electron chi connectivity index (χ2n) is 5.11. The Morgan fingerprint density at radius 3 is 2.79 bits per heavy atom. The van der Waals surface area contributed by atoms with Crippen LogP contribution in [0.3, 0.4) is 0 Å². The van der Waals surface area contributed by atoms with Crippen molar-refractivity contribution >= 4 is 40.9 Å². The van der Waals surface area contributed by atoms with Crippen LogP contribution in [0.15, 0.2) is 70.4 Å². The molecule has 0 atom stereocenters. The van der Waals surface area contributed by atoms with Crippen LogP contribution < -0.4 is 0 Å². The molecule has 1 aromatic carbocycles. The van der Waals surface area contributed by atoms with Gasteiger partial charge in [-0.15, -0.1) is 0 Å². The standard InChI is InChI=1S/C18H11Cl2N3O/c19-13-7-6-12(14(20)10-13)11-21-18-17(15-4-3-9-24-15)22-16-5-1-2-8-23(16)18/h1-11H. The summed E-state index contributed by atoms with van der Waals surface area (Å²) in [4.78, 5) is 9.20. The number of rotatable bonds is 3. The average Bonchev–Trinajstić information content (AvgIpc) is 3.21. The molecule has 0 N–H and O–H groups in total. The lowest BCUT2D eigenvalue weighted by Crippen LogP contribution is -1.86. The molecular formula is C18H11Cl2N3O. The smallest absolute Gasteiger partial charge is 0.168 e. The normalized spacial score (nSPS) is 11.6. The van der Waals surface area contributed by atoms with E-state index >= 15 is 0 Å². The minimum atomic E-state index is 0.541. The molecule has 0 spiro atoms. The first kappa shape index (κ1) is 15.0. The van der Waals surface area contributed by atoms with Crippen molar-refractivity contribution in [1.29, 1.82) is 0 Å². The van der Waals surface area contributed by atoms with Crippen LogP contribution in [0.1, 0.15) is 5.56 Å². The first-order valence-electron chi connectivity index (χ1n) is 7.22. The fraction of sp³-hybridized carbons (Fsp3) is 0. The molecule has 0 aliphatic heterocycles. The number of benzene rings is 1. The van der Waals surface area contributed by atoms with Crippen molar-refractivity contribution < 1.29 is 4.42 Å². The summed E-state index contributed by atoms with van der Waals surface area (Å²) >= 11 is 12.1. The molecule has 0 radical (unpaired) electrons. The van der Waals surface area contributed by atoms with E-state index < -0.39 is 0 Å². The number of hydrogen-bond donors (Lipinski definition) is 0. The fourth-order valence-electron chi connectivity index (χ4n) is 2.42. The lowest BCUT2D eigenvalue weighted by molar-refractivity contribution is 0.580. The van der Waals surface area contributed by atoms with Gasteiger partial charge in [0, 0.05) is 23.0 Å². The Hall–Kier alpha value is -2.56. The number of aromatic nitrogens is 2. The molecule has 0 saturated heterocycles. The predicted octanol–water partition coefficient (Wildman–Crippen LogP) is 5.65. The number of fused-ring (bicyclic) bond motifs is 1. The highest BCUT2D eigenvalue weighted by Crippen LogP contribution is 2.31. The summed E-state index contributed by atoms with van der Waals surface area (Å²) in [5.74, 6) is 1.33. The Morgan fingerprint density at radius 1 is 1.08 bits per heavy atom.